The topological polar surface area (TPSA) is 45.1 Å². The minimum atomic E-state index is 0.381. The van der Waals surface area contributed by atoms with Gasteiger partial charge in [-0.05, 0) is 12.8 Å². The summed E-state index contributed by atoms with van der Waals surface area (Å²) in [5, 5.41) is 10.4. The zero-order valence-corrected chi connectivity index (χ0v) is 6.31. The van der Waals surface area contributed by atoms with Crippen LogP contribution in [-0.4, -0.2) is 25.6 Å². The summed E-state index contributed by atoms with van der Waals surface area (Å²) < 4.78 is 4.97. The van der Waals surface area contributed by atoms with E-state index < -0.39 is 0 Å². The van der Waals surface area contributed by atoms with Crippen LogP contribution >= 0.6 is 0 Å². The van der Waals surface area contributed by atoms with E-state index in [4.69, 9.17) is 10.1 Å². The molecule has 1 aliphatic rings. The molecule has 0 aliphatic carbocycles. The lowest BCUT2D eigenvalue weighted by atomic mass is 10.1. The van der Waals surface area contributed by atoms with Gasteiger partial charge in [0, 0.05) is 13.5 Å². The third kappa shape index (κ3) is 1.99. The van der Waals surface area contributed by atoms with E-state index in [1.807, 2.05) is 0 Å². The molecule has 1 heterocycles. The Morgan fingerprint density at radius 3 is 3.20 bits per heavy atom. The second-order valence-corrected chi connectivity index (χ2v) is 2.67. The molecular weight excluding hydrogens is 128 g/mol. The molecule has 1 unspecified atom stereocenters. The van der Waals surface area contributed by atoms with Crippen molar-refractivity contribution < 1.29 is 4.74 Å². The van der Waals surface area contributed by atoms with Gasteiger partial charge in [-0.15, -0.1) is 0 Å². The molecular formula is C7H14N2O. The van der Waals surface area contributed by atoms with Crippen molar-refractivity contribution in [3.8, 4) is 0 Å². The summed E-state index contributed by atoms with van der Waals surface area (Å²) in [6, 6.07) is 0.381. The molecule has 0 saturated carbocycles. The van der Waals surface area contributed by atoms with Crippen LogP contribution < -0.4 is 5.32 Å². The van der Waals surface area contributed by atoms with Gasteiger partial charge in [0.05, 0.1) is 18.5 Å². The van der Waals surface area contributed by atoms with Crippen molar-refractivity contribution in [2.45, 2.75) is 25.3 Å². The monoisotopic (exact) mass is 142 g/mol. The first-order chi connectivity index (χ1) is 4.83. The maximum absolute atomic E-state index is 7.33. The Balaban J connectivity index is 2.25. The molecule has 1 atom stereocenters. The van der Waals surface area contributed by atoms with Gasteiger partial charge in [-0.2, -0.15) is 0 Å². The molecule has 10 heavy (non-hydrogen) atoms. The third-order valence-corrected chi connectivity index (χ3v) is 1.73. The van der Waals surface area contributed by atoms with Gasteiger partial charge in [0.1, 0.15) is 0 Å². The number of piperidine rings is 1. The quantitative estimate of drug-likeness (QED) is 0.597. The summed E-state index contributed by atoms with van der Waals surface area (Å²) in [4.78, 5) is 0. The number of ether oxygens (including phenoxy) is 1. The van der Waals surface area contributed by atoms with E-state index in [1.54, 1.807) is 7.11 Å². The molecule has 1 fully saturated rings. The first-order valence-corrected chi connectivity index (χ1v) is 3.66. The number of nitrogens with one attached hydrogen (secondary N) is 2. The van der Waals surface area contributed by atoms with Crippen LogP contribution in [0.1, 0.15) is 19.3 Å². The first kappa shape index (κ1) is 7.54. The minimum absolute atomic E-state index is 0.381. The lowest BCUT2D eigenvalue weighted by Crippen LogP contribution is -2.40. The van der Waals surface area contributed by atoms with Gasteiger partial charge in [0.2, 0.25) is 0 Å². The van der Waals surface area contributed by atoms with Crippen LogP contribution in [0.25, 0.3) is 0 Å². The fraction of sp³-hybridized carbons (Fsp3) is 0.857. The minimum Gasteiger partial charge on any atom is -0.383 e. The van der Waals surface area contributed by atoms with Crippen LogP contribution in [0.4, 0.5) is 0 Å². The Labute approximate surface area is 61.3 Å². The maximum atomic E-state index is 7.33. The Morgan fingerprint density at radius 2 is 2.60 bits per heavy atom. The van der Waals surface area contributed by atoms with Crippen molar-refractivity contribution in [3.05, 3.63) is 0 Å². The van der Waals surface area contributed by atoms with Crippen LogP contribution in [0, 0.1) is 5.41 Å². The first-order valence-electron chi connectivity index (χ1n) is 3.66. The van der Waals surface area contributed by atoms with E-state index in [2.05, 4.69) is 5.32 Å². The molecule has 3 heteroatoms. The molecule has 58 valence electrons. The van der Waals surface area contributed by atoms with Crippen molar-refractivity contribution >= 4 is 5.84 Å². The molecule has 1 rings (SSSR count). The van der Waals surface area contributed by atoms with Crippen molar-refractivity contribution in [2.75, 3.05) is 13.7 Å². The molecule has 3 nitrogen and oxygen atoms in total. The predicted octanol–water partition coefficient (Wildman–Crippen LogP) is 0.752. The standard InChI is InChI=1S/C7H14N2O/c1-10-5-6-3-2-4-7(8)9-6/h6H,2-5H2,1H3,(H2,8,9). The Kier molecular flexibility index (Phi) is 2.68. The van der Waals surface area contributed by atoms with Crippen molar-refractivity contribution in [1.29, 1.82) is 5.41 Å². The maximum Gasteiger partial charge on any atom is 0.0934 e. The number of amidine groups is 1. The summed E-state index contributed by atoms with van der Waals surface area (Å²) in [5.41, 5.74) is 0. The average molecular weight is 142 g/mol. The van der Waals surface area contributed by atoms with Gasteiger partial charge in [-0.3, -0.25) is 5.41 Å². The zero-order valence-electron chi connectivity index (χ0n) is 6.31. The van der Waals surface area contributed by atoms with Crippen molar-refractivity contribution in [3.63, 3.8) is 0 Å². The van der Waals surface area contributed by atoms with Crippen molar-refractivity contribution in [2.24, 2.45) is 0 Å². The molecule has 1 saturated heterocycles. The van der Waals surface area contributed by atoms with Gasteiger partial charge >= 0.3 is 0 Å². The SMILES string of the molecule is COCC1CCCC(=N)N1. The Hall–Kier alpha value is -0.570. The van der Waals surface area contributed by atoms with E-state index in [1.165, 1.54) is 0 Å². The molecule has 0 aromatic rings. The van der Waals surface area contributed by atoms with Crippen LogP contribution in [0.15, 0.2) is 0 Å². The highest BCUT2D eigenvalue weighted by molar-refractivity contribution is 5.79. The van der Waals surface area contributed by atoms with Crippen LogP contribution in [0.5, 0.6) is 0 Å². The Bertz CT molecular complexity index is 123. The zero-order chi connectivity index (χ0) is 7.40. The van der Waals surface area contributed by atoms with E-state index in [9.17, 15) is 0 Å². The smallest absolute Gasteiger partial charge is 0.0934 e. The third-order valence-electron chi connectivity index (χ3n) is 1.73. The summed E-state index contributed by atoms with van der Waals surface area (Å²) >= 11 is 0. The lowest BCUT2D eigenvalue weighted by molar-refractivity contribution is 0.166. The van der Waals surface area contributed by atoms with Crippen molar-refractivity contribution in [1.82, 2.24) is 5.32 Å². The number of hydrogen-bond acceptors (Lipinski definition) is 2. The van der Waals surface area contributed by atoms with Crippen LogP contribution in [-0.2, 0) is 4.74 Å². The number of hydrogen-bond donors (Lipinski definition) is 2. The van der Waals surface area contributed by atoms with E-state index in [0.29, 0.717) is 11.9 Å². The number of rotatable bonds is 2. The average Bonchev–Trinajstić information content (AvgIpc) is 1.88. The highest BCUT2D eigenvalue weighted by atomic mass is 16.5. The molecule has 0 aromatic carbocycles. The second-order valence-electron chi connectivity index (χ2n) is 2.67. The molecule has 2 N–H and O–H groups in total. The van der Waals surface area contributed by atoms with E-state index in [0.717, 1.165) is 25.9 Å². The summed E-state index contributed by atoms with van der Waals surface area (Å²) in [5.74, 6) is 0.660. The molecule has 0 aromatic heterocycles. The fourth-order valence-corrected chi connectivity index (χ4v) is 1.24. The largest absolute Gasteiger partial charge is 0.383 e. The highest BCUT2D eigenvalue weighted by Crippen LogP contribution is 2.07. The second kappa shape index (κ2) is 3.56. The lowest BCUT2D eigenvalue weighted by Gasteiger charge is -2.23. The van der Waals surface area contributed by atoms with Gasteiger partial charge in [0.15, 0.2) is 0 Å². The predicted molar refractivity (Wildman–Crippen MR) is 40.4 cm³/mol. The Morgan fingerprint density at radius 1 is 1.80 bits per heavy atom. The normalized spacial score (nSPS) is 26.1. The summed E-state index contributed by atoms with van der Waals surface area (Å²) in [6.07, 6.45) is 3.16. The van der Waals surface area contributed by atoms with Gasteiger partial charge in [0.25, 0.3) is 0 Å². The summed E-state index contributed by atoms with van der Waals surface area (Å²) in [6.45, 7) is 0.725. The highest BCUT2D eigenvalue weighted by Gasteiger charge is 2.14. The van der Waals surface area contributed by atoms with E-state index >= 15 is 0 Å². The molecule has 0 spiro atoms. The molecule has 0 amide bonds. The molecule has 0 radical (unpaired) electrons. The van der Waals surface area contributed by atoms with Gasteiger partial charge < -0.3 is 10.1 Å². The molecule has 0 bridgehead atoms. The number of methoxy groups -OCH3 is 1. The van der Waals surface area contributed by atoms with Gasteiger partial charge in [-0.25, -0.2) is 0 Å². The fourth-order valence-electron chi connectivity index (χ4n) is 1.24. The van der Waals surface area contributed by atoms with Crippen LogP contribution in [0.2, 0.25) is 0 Å². The van der Waals surface area contributed by atoms with Crippen LogP contribution in [0.3, 0.4) is 0 Å². The van der Waals surface area contributed by atoms with Gasteiger partial charge in [-0.1, -0.05) is 0 Å². The van der Waals surface area contributed by atoms with E-state index in [-0.39, 0.29) is 0 Å². The molecule has 1 aliphatic heterocycles. The summed E-state index contributed by atoms with van der Waals surface area (Å²) in [7, 11) is 1.69.